The smallest absolute Gasteiger partial charge is 0.339 e. The molecule has 0 aliphatic heterocycles. The lowest BCUT2D eigenvalue weighted by Crippen LogP contribution is -2.15. The Balaban J connectivity index is 2.03. The summed E-state index contributed by atoms with van der Waals surface area (Å²) in [5.41, 5.74) is 0.531. The lowest BCUT2D eigenvalue weighted by Gasteiger charge is -2.10. The van der Waals surface area contributed by atoms with Crippen molar-refractivity contribution in [3.05, 3.63) is 35.4 Å². The van der Waals surface area contributed by atoms with Crippen molar-refractivity contribution in [2.75, 3.05) is 13.2 Å². The van der Waals surface area contributed by atoms with E-state index in [1.807, 2.05) is 0 Å². The summed E-state index contributed by atoms with van der Waals surface area (Å²) in [7, 11) is 0. The van der Waals surface area contributed by atoms with Gasteiger partial charge in [-0.3, -0.25) is 0 Å². The van der Waals surface area contributed by atoms with Gasteiger partial charge in [0.15, 0.2) is 0 Å². The normalized spacial score (nSPS) is 11.1. The summed E-state index contributed by atoms with van der Waals surface area (Å²) in [5, 5.41) is 0. The molecule has 0 amide bonds. The first kappa shape index (κ1) is 40.2. The molecule has 0 aliphatic carbocycles. The molecule has 0 bridgehead atoms. The van der Waals surface area contributed by atoms with E-state index < -0.39 is 11.9 Å². The lowest BCUT2D eigenvalue weighted by atomic mass is 10.0. The van der Waals surface area contributed by atoms with Crippen LogP contribution in [-0.2, 0) is 9.47 Å². The minimum Gasteiger partial charge on any atom is -0.462 e. The van der Waals surface area contributed by atoms with E-state index in [2.05, 4.69) is 19.9 Å². The average Bonchev–Trinajstić information content (AvgIpc) is 3.04. The monoisotopic (exact) mass is 614 g/mol. The second-order valence-electron chi connectivity index (χ2n) is 12.9. The predicted octanol–water partition coefficient (Wildman–Crippen LogP) is 12.8. The van der Waals surface area contributed by atoms with Gasteiger partial charge in [-0.1, -0.05) is 187 Å². The van der Waals surface area contributed by atoms with E-state index in [4.69, 9.17) is 9.47 Å². The highest BCUT2D eigenvalue weighted by Gasteiger charge is 2.19. The van der Waals surface area contributed by atoms with Crippen LogP contribution in [0.2, 0.25) is 0 Å². The third-order valence-electron chi connectivity index (χ3n) is 8.77. The van der Waals surface area contributed by atoms with Crippen molar-refractivity contribution < 1.29 is 19.1 Å². The van der Waals surface area contributed by atoms with Crippen molar-refractivity contribution in [1.29, 1.82) is 0 Å². The number of rotatable bonds is 32. The summed E-state index contributed by atoms with van der Waals surface area (Å²) >= 11 is 0. The highest BCUT2D eigenvalue weighted by atomic mass is 16.5. The van der Waals surface area contributed by atoms with Crippen molar-refractivity contribution in [2.45, 2.75) is 194 Å². The van der Waals surface area contributed by atoms with Gasteiger partial charge in [-0.15, -0.1) is 0 Å². The Morgan fingerprint density at radius 1 is 0.455 bits per heavy atom. The number of carbonyl (C=O) groups excluding carboxylic acids is 2. The minimum atomic E-state index is -0.458. The van der Waals surface area contributed by atoms with Gasteiger partial charge in [0.25, 0.3) is 0 Å². The number of benzene rings is 1. The van der Waals surface area contributed by atoms with E-state index in [0.29, 0.717) is 13.2 Å². The maximum atomic E-state index is 12.7. The van der Waals surface area contributed by atoms with Gasteiger partial charge in [-0.05, 0) is 31.0 Å². The average molecular weight is 614 g/mol. The molecule has 1 aromatic carbocycles. The molecular formula is C40H69O4. The van der Waals surface area contributed by atoms with E-state index in [9.17, 15) is 9.59 Å². The zero-order valence-corrected chi connectivity index (χ0v) is 29.1. The fourth-order valence-corrected chi connectivity index (χ4v) is 5.86. The van der Waals surface area contributed by atoms with Crippen LogP contribution in [0.4, 0.5) is 0 Å². The first-order valence-corrected chi connectivity index (χ1v) is 19.0. The fraction of sp³-hybridized carbons (Fsp3) is 0.800. The molecule has 0 saturated carbocycles. The largest absolute Gasteiger partial charge is 0.462 e. The van der Waals surface area contributed by atoms with Gasteiger partial charge in [-0.25, -0.2) is 9.59 Å². The summed E-state index contributed by atoms with van der Waals surface area (Å²) in [5.74, 6) is -0.905. The summed E-state index contributed by atoms with van der Waals surface area (Å²) in [6.07, 6.45) is 36.2. The SMILES string of the molecule is CCCCCCCCCCCCCCCCOC(=O)c1c[c]ccc1C(=O)OCCCCCCCCCCCCCCCC. The van der Waals surface area contributed by atoms with Gasteiger partial charge in [0.1, 0.15) is 0 Å². The number of hydrogen-bond donors (Lipinski definition) is 0. The maximum Gasteiger partial charge on any atom is 0.339 e. The van der Waals surface area contributed by atoms with Crippen LogP contribution in [0.3, 0.4) is 0 Å². The molecule has 0 aromatic heterocycles. The van der Waals surface area contributed by atoms with Gasteiger partial charge in [0, 0.05) is 0 Å². The molecule has 0 saturated heterocycles. The van der Waals surface area contributed by atoms with E-state index in [-0.39, 0.29) is 11.1 Å². The molecule has 0 unspecified atom stereocenters. The van der Waals surface area contributed by atoms with Crippen molar-refractivity contribution in [2.24, 2.45) is 0 Å². The second-order valence-corrected chi connectivity index (χ2v) is 12.9. The standard InChI is InChI=1S/C40H69O4/c1-3-5-7-9-11-13-15-17-19-21-23-25-27-31-35-43-39(41)37-33-29-30-34-38(37)40(42)44-36-32-28-26-24-22-20-18-16-14-12-10-8-6-4-2/h29,33-34H,3-28,31-32,35-36H2,1-2H3. The van der Waals surface area contributed by atoms with E-state index in [1.54, 1.807) is 12.1 Å². The Bertz CT molecular complexity index is 724. The van der Waals surface area contributed by atoms with Crippen LogP contribution in [0.25, 0.3) is 0 Å². The van der Waals surface area contributed by atoms with Crippen LogP contribution < -0.4 is 0 Å². The molecular weight excluding hydrogens is 544 g/mol. The summed E-state index contributed by atoms with van der Waals surface area (Å²) in [6.45, 7) is 5.32. The Labute approximate surface area is 272 Å². The Morgan fingerprint density at radius 3 is 1.09 bits per heavy atom. The predicted molar refractivity (Wildman–Crippen MR) is 186 cm³/mol. The van der Waals surface area contributed by atoms with Gasteiger partial charge in [0.2, 0.25) is 0 Å². The molecule has 0 fully saturated rings. The highest BCUT2D eigenvalue weighted by molar-refractivity contribution is 6.03. The topological polar surface area (TPSA) is 52.6 Å². The van der Waals surface area contributed by atoms with Gasteiger partial charge in [-0.2, -0.15) is 0 Å². The van der Waals surface area contributed by atoms with E-state index in [1.165, 1.54) is 160 Å². The molecule has 0 aliphatic rings. The molecule has 1 radical (unpaired) electrons. The number of hydrogen-bond acceptors (Lipinski definition) is 4. The summed E-state index contributed by atoms with van der Waals surface area (Å²) in [4.78, 5) is 25.3. The molecule has 44 heavy (non-hydrogen) atoms. The van der Waals surface area contributed by atoms with Gasteiger partial charge >= 0.3 is 11.9 Å². The van der Waals surface area contributed by atoms with Gasteiger partial charge < -0.3 is 9.47 Å². The number of esters is 2. The molecule has 0 heterocycles. The summed E-state index contributed by atoms with van der Waals surface area (Å²) in [6, 6.07) is 7.70. The third kappa shape index (κ3) is 23.5. The van der Waals surface area contributed by atoms with Crippen LogP contribution in [0, 0.1) is 6.07 Å². The molecule has 0 atom stereocenters. The maximum absolute atomic E-state index is 12.7. The second kappa shape index (κ2) is 31.2. The van der Waals surface area contributed by atoms with Crippen molar-refractivity contribution in [1.82, 2.24) is 0 Å². The Hall–Kier alpha value is -1.84. The summed E-state index contributed by atoms with van der Waals surface area (Å²) < 4.78 is 11.0. The quantitative estimate of drug-likeness (QED) is 0.0599. The van der Waals surface area contributed by atoms with Crippen LogP contribution in [0.1, 0.15) is 214 Å². The number of unbranched alkanes of at least 4 members (excludes halogenated alkanes) is 26. The Morgan fingerprint density at radius 2 is 0.750 bits per heavy atom. The Kier molecular flexibility index (Phi) is 28.5. The first-order valence-electron chi connectivity index (χ1n) is 19.0. The molecule has 1 rings (SSSR count). The molecule has 4 nitrogen and oxygen atoms in total. The van der Waals surface area contributed by atoms with Crippen LogP contribution in [-0.4, -0.2) is 25.2 Å². The van der Waals surface area contributed by atoms with Crippen molar-refractivity contribution in [3.8, 4) is 0 Å². The lowest BCUT2D eigenvalue weighted by molar-refractivity contribution is 0.0450. The zero-order valence-electron chi connectivity index (χ0n) is 29.1. The first-order chi connectivity index (χ1) is 21.7. The fourth-order valence-electron chi connectivity index (χ4n) is 5.86. The van der Waals surface area contributed by atoms with Gasteiger partial charge in [0.05, 0.1) is 24.3 Å². The van der Waals surface area contributed by atoms with E-state index >= 15 is 0 Å². The molecule has 1 aromatic rings. The van der Waals surface area contributed by atoms with Crippen molar-refractivity contribution in [3.63, 3.8) is 0 Å². The van der Waals surface area contributed by atoms with Crippen LogP contribution in [0.5, 0.6) is 0 Å². The number of ether oxygens (including phenoxy) is 2. The molecule has 0 spiro atoms. The minimum absolute atomic E-state index is 0.254. The van der Waals surface area contributed by atoms with Crippen LogP contribution in [0.15, 0.2) is 18.2 Å². The highest BCUT2D eigenvalue weighted by Crippen LogP contribution is 2.16. The molecule has 4 heteroatoms. The molecule has 0 N–H and O–H groups in total. The van der Waals surface area contributed by atoms with Crippen molar-refractivity contribution >= 4 is 11.9 Å². The van der Waals surface area contributed by atoms with Crippen LogP contribution >= 0.6 is 0 Å². The van der Waals surface area contributed by atoms with E-state index in [0.717, 1.165) is 25.7 Å². The zero-order chi connectivity index (χ0) is 31.8. The number of carbonyl (C=O) groups is 2. The third-order valence-corrected chi connectivity index (χ3v) is 8.77. The molecule has 253 valence electrons.